The molecule has 0 fully saturated rings. The molecule has 0 atom stereocenters. The maximum Gasteiger partial charge on any atom is 0.260 e. The molecule has 0 N–H and O–H groups in total. The van der Waals surface area contributed by atoms with E-state index in [-0.39, 0.29) is 6.71 Å². The molecule has 14 aromatic carbocycles. The molecular weight excluding hydrogens is 1080 g/mol. The van der Waals surface area contributed by atoms with Crippen molar-refractivity contribution in [3.63, 3.8) is 0 Å². The highest BCUT2D eigenvalue weighted by atomic mass is 16.5. The molecule has 0 bridgehead atoms. The van der Waals surface area contributed by atoms with E-state index in [4.69, 9.17) is 18.9 Å². The van der Waals surface area contributed by atoms with Crippen molar-refractivity contribution in [2.75, 3.05) is 0 Å². The van der Waals surface area contributed by atoms with E-state index < -0.39 is 0 Å². The quantitative estimate of drug-likeness (QED) is 0.114. The third-order valence-electron chi connectivity index (χ3n) is 16.6. The van der Waals surface area contributed by atoms with Crippen molar-refractivity contribution >= 4 is 23.1 Å². The topological polar surface area (TPSA) is 36.9 Å². The van der Waals surface area contributed by atoms with Gasteiger partial charge in [-0.25, -0.2) is 0 Å². The van der Waals surface area contributed by atoms with E-state index in [2.05, 4.69) is 255 Å². The molecule has 0 radical (unpaired) electrons. The molecular formula is C84H57BO4. The number of para-hydroxylation sites is 2. The summed E-state index contributed by atoms with van der Waals surface area (Å²) < 4.78 is 25.1. The van der Waals surface area contributed by atoms with E-state index in [1.54, 1.807) is 0 Å². The summed E-state index contributed by atoms with van der Waals surface area (Å²) >= 11 is 0. The minimum absolute atomic E-state index is 0.0772. The van der Waals surface area contributed by atoms with Crippen molar-refractivity contribution in [3.8, 4) is 135 Å². The van der Waals surface area contributed by atoms with Crippen molar-refractivity contribution in [1.82, 2.24) is 0 Å². The Morgan fingerprint density at radius 3 is 0.921 bits per heavy atom. The summed E-state index contributed by atoms with van der Waals surface area (Å²) in [4.78, 5) is 0. The van der Waals surface area contributed by atoms with Crippen LogP contribution in [0.25, 0.3) is 89.0 Å². The lowest BCUT2D eigenvalue weighted by molar-refractivity contribution is 0.460. The van der Waals surface area contributed by atoms with E-state index >= 15 is 0 Å². The van der Waals surface area contributed by atoms with Crippen LogP contribution in [0, 0.1) is 0 Å². The summed E-state index contributed by atoms with van der Waals surface area (Å²) in [5.74, 6) is 6.54. The average molecular weight is 1140 g/mol. The molecule has 5 heteroatoms. The minimum Gasteiger partial charge on any atom is -0.458 e. The summed E-state index contributed by atoms with van der Waals surface area (Å²) in [5.41, 5.74) is 22.3. The summed E-state index contributed by atoms with van der Waals surface area (Å²) in [5, 5.41) is 0. The molecule has 2 heterocycles. The van der Waals surface area contributed by atoms with Crippen LogP contribution in [0.5, 0.6) is 46.0 Å². The van der Waals surface area contributed by atoms with E-state index in [1.807, 2.05) is 91.0 Å². The molecule has 89 heavy (non-hydrogen) atoms. The third kappa shape index (κ3) is 11.6. The van der Waals surface area contributed by atoms with Crippen molar-refractivity contribution in [3.05, 3.63) is 346 Å². The van der Waals surface area contributed by atoms with Gasteiger partial charge in [-0.1, -0.05) is 243 Å². The monoisotopic (exact) mass is 1140 g/mol. The molecule has 4 nitrogen and oxygen atoms in total. The van der Waals surface area contributed by atoms with Crippen molar-refractivity contribution in [1.29, 1.82) is 0 Å². The maximum atomic E-state index is 6.54. The number of ether oxygens (including phenoxy) is 4. The van der Waals surface area contributed by atoms with Gasteiger partial charge in [0.2, 0.25) is 0 Å². The number of benzene rings is 14. The molecule has 2 aliphatic rings. The van der Waals surface area contributed by atoms with Gasteiger partial charge in [0.05, 0.1) is 0 Å². The Hall–Kier alpha value is -11.7. The van der Waals surface area contributed by atoms with Gasteiger partial charge in [-0.3, -0.25) is 0 Å². The predicted octanol–water partition coefficient (Wildman–Crippen LogP) is 21.0. The molecule has 14 aromatic rings. The summed E-state index contributed by atoms with van der Waals surface area (Å²) in [6.07, 6.45) is 0. The van der Waals surface area contributed by atoms with Crippen molar-refractivity contribution in [2.45, 2.75) is 0 Å². The Bertz CT molecular complexity index is 4870. The summed E-state index contributed by atoms with van der Waals surface area (Å²) in [6.45, 7) is 0.0772. The van der Waals surface area contributed by atoms with Crippen LogP contribution >= 0.6 is 0 Å². The highest BCUT2D eigenvalue weighted by Crippen LogP contribution is 2.39. The molecule has 0 saturated carbocycles. The van der Waals surface area contributed by atoms with E-state index in [9.17, 15) is 0 Å². The largest absolute Gasteiger partial charge is 0.458 e. The Morgan fingerprint density at radius 2 is 0.461 bits per heavy atom. The molecule has 0 aromatic heterocycles. The van der Waals surface area contributed by atoms with Crippen LogP contribution in [-0.2, 0) is 0 Å². The Balaban J connectivity index is 0.000000149. The normalized spacial score (nSPS) is 11.5. The fraction of sp³-hybridized carbons (Fsp3) is 0. The molecule has 0 spiro atoms. The number of rotatable bonds is 12. The molecule has 16 rings (SSSR count). The van der Waals surface area contributed by atoms with Crippen LogP contribution in [0.15, 0.2) is 346 Å². The van der Waals surface area contributed by atoms with Gasteiger partial charge in [-0.05, 0) is 197 Å². The van der Waals surface area contributed by atoms with Gasteiger partial charge in [0.25, 0.3) is 6.71 Å². The lowest BCUT2D eigenvalue weighted by Crippen LogP contribution is -2.57. The first-order valence-electron chi connectivity index (χ1n) is 30.1. The number of fused-ring (bicyclic) bond motifs is 4. The van der Waals surface area contributed by atoms with Gasteiger partial charge in [0, 0.05) is 11.5 Å². The summed E-state index contributed by atoms with van der Waals surface area (Å²) in [6, 6.07) is 120. The van der Waals surface area contributed by atoms with E-state index in [0.29, 0.717) is 0 Å². The van der Waals surface area contributed by atoms with Crippen LogP contribution in [0.2, 0.25) is 0 Å². The first-order valence-corrected chi connectivity index (χ1v) is 30.1. The SMILES string of the molecule is c1ccc(-c2cccc(-c3cccc(-c4cccc(-c5ccc6c(c5)Oc5cccc7c5B6c5ccccc5O7)c4)c3)c2)cc1.c1ccc(Oc2cccc(Oc3cccc(-c4cccc(-c5cccc(-c6cccc(-c7ccccc7)c6)c5)c4)c3)c2)cc1. The van der Waals surface area contributed by atoms with E-state index in [0.717, 1.165) is 79.2 Å². The fourth-order valence-corrected chi connectivity index (χ4v) is 12.2. The van der Waals surface area contributed by atoms with Gasteiger partial charge < -0.3 is 18.9 Å². The smallest absolute Gasteiger partial charge is 0.260 e. The lowest BCUT2D eigenvalue weighted by atomic mass is 9.35. The summed E-state index contributed by atoms with van der Waals surface area (Å²) in [7, 11) is 0. The molecule has 0 amide bonds. The van der Waals surface area contributed by atoms with Gasteiger partial charge in [0.1, 0.15) is 46.0 Å². The average Bonchev–Trinajstić information content (AvgIpc) is 1.15. The highest BCUT2D eigenvalue weighted by molar-refractivity contribution is 6.98. The van der Waals surface area contributed by atoms with Crippen LogP contribution in [0.4, 0.5) is 0 Å². The second kappa shape index (κ2) is 24.4. The Labute approximate surface area is 519 Å². The second-order valence-electron chi connectivity index (χ2n) is 22.3. The second-order valence-corrected chi connectivity index (χ2v) is 22.3. The first-order chi connectivity index (χ1) is 44.0. The van der Waals surface area contributed by atoms with Crippen LogP contribution in [0.1, 0.15) is 0 Å². The maximum absolute atomic E-state index is 6.54. The zero-order valence-electron chi connectivity index (χ0n) is 48.6. The predicted molar refractivity (Wildman–Crippen MR) is 367 cm³/mol. The van der Waals surface area contributed by atoms with Gasteiger partial charge in [-0.15, -0.1) is 0 Å². The Morgan fingerprint density at radius 1 is 0.180 bits per heavy atom. The van der Waals surface area contributed by atoms with Gasteiger partial charge >= 0.3 is 0 Å². The van der Waals surface area contributed by atoms with E-state index in [1.165, 1.54) is 72.2 Å². The van der Waals surface area contributed by atoms with Crippen LogP contribution in [-0.4, -0.2) is 6.71 Å². The van der Waals surface area contributed by atoms with Crippen LogP contribution in [0.3, 0.4) is 0 Å². The molecule has 0 saturated heterocycles. The zero-order chi connectivity index (χ0) is 59.3. The minimum atomic E-state index is 0.0772. The number of hydrogen-bond donors (Lipinski definition) is 0. The standard InChI is InChI=1S/C42H27BO2.C42H30O2/c1-2-10-28(11-3-1)29-12-6-13-30(24-29)31-14-7-15-32(25-31)33-16-8-17-34(26-33)35-22-23-37-41(27-35)45-40-21-9-20-39-42(40)43(37)36-18-4-5-19-38(36)44-39;1-3-12-31(13-4-1)32-14-7-15-33(26-32)34-16-8-17-35(27-34)36-18-9-19-37(28-36)38-20-10-23-40(29-38)44-42-25-11-24-41(30-42)43-39-21-5-2-6-22-39/h1-27H;1-30H. The molecule has 2 aliphatic heterocycles. The number of hydrogen-bond acceptors (Lipinski definition) is 4. The molecule has 420 valence electrons. The molecule has 0 unspecified atom stereocenters. The van der Waals surface area contributed by atoms with Crippen molar-refractivity contribution < 1.29 is 18.9 Å². The zero-order valence-corrected chi connectivity index (χ0v) is 48.6. The van der Waals surface area contributed by atoms with Gasteiger partial charge in [0.15, 0.2) is 0 Å². The lowest BCUT2D eigenvalue weighted by Gasteiger charge is -2.32. The fourth-order valence-electron chi connectivity index (χ4n) is 12.2. The third-order valence-corrected chi connectivity index (χ3v) is 16.6. The van der Waals surface area contributed by atoms with Crippen LogP contribution < -0.4 is 35.3 Å². The first kappa shape index (κ1) is 54.0. The molecule has 0 aliphatic carbocycles. The van der Waals surface area contributed by atoms with Gasteiger partial charge in [-0.2, -0.15) is 0 Å². The van der Waals surface area contributed by atoms with Crippen molar-refractivity contribution in [2.24, 2.45) is 0 Å². The highest BCUT2D eigenvalue weighted by Gasteiger charge is 2.39. The Kier molecular flexibility index (Phi) is 14.8.